The van der Waals surface area contributed by atoms with Crippen LogP contribution < -0.4 is 5.32 Å². The number of furan rings is 1. The van der Waals surface area contributed by atoms with Crippen LogP contribution in [0.5, 0.6) is 0 Å². The van der Waals surface area contributed by atoms with E-state index in [1.165, 1.54) is 6.26 Å². The van der Waals surface area contributed by atoms with Gasteiger partial charge in [-0.3, -0.25) is 15.4 Å². The van der Waals surface area contributed by atoms with Gasteiger partial charge in [-0.15, -0.1) is 0 Å². The predicted molar refractivity (Wildman–Crippen MR) is 79.8 cm³/mol. The van der Waals surface area contributed by atoms with Gasteiger partial charge in [0.1, 0.15) is 11.8 Å². The second kappa shape index (κ2) is 7.56. The van der Waals surface area contributed by atoms with Gasteiger partial charge in [-0.1, -0.05) is 6.92 Å². The minimum Gasteiger partial charge on any atom is -0.467 e. The lowest BCUT2D eigenvalue weighted by Crippen LogP contribution is -2.39. The Labute approximate surface area is 120 Å². The third-order valence-corrected chi connectivity index (χ3v) is 4.00. The van der Waals surface area contributed by atoms with Crippen molar-refractivity contribution in [3.05, 3.63) is 34.3 Å². The molecule has 0 spiro atoms. The van der Waals surface area contributed by atoms with Crippen LogP contribution >= 0.6 is 0 Å². The molecule has 6 nitrogen and oxygen atoms in total. The summed E-state index contributed by atoms with van der Waals surface area (Å²) >= 11 is 0. The zero-order valence-electron chi connectivity index (χ0n) is 12.6. The molecule has 1 rings (SSSR count). The molecule has 0 amide bonds. The topological polar surface area (TPSA) is 77.5 Å². The quantitative estimate of drug-likeness (QED) is 0.328. The Kier molecular flexibility index (Phi) is 6.38. The van der Waals surface area contributed by atoms with Crippen molar-refractivity contribution < 1.29 is 13.8 Å². The van der Waals surface area contributed by atoms with Gasteiger partial charge in [0.25, 0.3) is 0 Å². The van der Waals surface area contributed by atoms with Gasteiger partial charge in [0, 0.05) is 24.5 Å². The molecule has 0 saturated heterocycles. The average molecular weight is 300 g/mol. The van der Waals surface area contributed by atoms with Crippen molar-refractivity contribution in [3.8, 4) is 0 Å². The van der Waals surface area contributed by atoms with Crippen molar-refractivity contribution in [1.29, 1.82) is 0 Å². The molecule has 1 aromatic heterocycles. The fourth-order valence-corrected chi connectivity index (χ4v) is 2.69. The summed E-state index contributed by atoms with van der Waals surface area (Å²) in [7, 11) is -1.55. The first-order valence-corrected chi connectivity index (χ1v) is 10.3. The lowest BCUT2D eigenvalue weighted by atomic mass is 10.0. The molecular formula is C13H24N2O4Si. The first-order chi connectivity index (χ1) is 9.35. The van der Waals surface area contributed by atoms with E-state index < -0.39 is 20.4 Å². The van der Waals surface area contributed by atoms with Gasteiger partial charge in [0.2, 0.25) is 6.04 Å². The minimum absolute atomic E-state index is 0.250. The highest BCUT2D eigenvalue weighted by molar-refractivity contribution is 6.69. The van der Waals surface area contributed by atoms with Crippen molar-refractivity contribution >= 4 is 8.32 Å². The summed E-state index contributed by atoms with van der Waals surface area (Å²) < 4.78 is 11.1. The molecule has 0 aromatic carbocycles. The number of hydrogen-bond donors (Lipinski definition) is 1. The fourth-order valence-electron chi connectivity index (χ4n) is 1.97. The Balaban J connectivity index is 2.63. The average Bonchev–Trinajstić information content (AvgIpc) is 2.84. The van der Waals surface area contributed by atoms with Crippen LogP contribution in [0.2, 0.25) is 19.6 Å². The van der Waals surface area contributed by atoms with Crippen LogP contribution in [0.3, 0.4) is 0 Å². The molecule has 0 bridgehead atoms. The van der Waals surface area contributed by atoms with Crippen molar-refractivity contribution in [3.63, 3.8) is 0 Å². The lowest BCUT2D eigenvalue weighted by Gasteiger charge is -2.22. The summed E-state index contributed by atoms with van der Waals surface area (Å²) in [6, 6.07) is 2.39. The molecule has 114 valence electrons. The third-order valence-electron chi connectivity index (χ3n) is 2.92. The smallest absolute Gasteiger partial charge is 0.235 e. The van der Waals surface area contributed by atoms with E-state index in [0.717, 1.165) is 0 Å². The molecule has 20 heavy (non-hydrogen) atoms. The highest BCUT2D eigenvalue weighted by Gasteiger charge is 2.32. The van der Waals surface area contributed by atoms with Gasteiger partial charge in [-0.05, 0) is 31.8 Å². The van der Waals surface area contributed by atoms with Crippen LogP contribution in [0.1, 0.15) is 25.1 Å². The zero-order valence-corrected chi connectivity index (χ0v) is 13.6. The maximum Gasteiger partial charge on any atom is 0.235 e. The van der Waals surface area contributed by atoms with Gasteiger partial charge in [0.15, 0.2) is 8.32 Å². The molecule has 0 fully saturated rings. The number of nitro groups is 1. The maximum atomic E-state index is 11.2. The maximum absolute atomic E-state index is 11.2. The van der Waals surface area contributed by atoms with E-state index in [1.54, 1.807) is 12.1 Å². The Hall–Kier alpha value is -1.18. The van der Waals surface area contributed by atoms with E-state index in [-0.39, 0.29) is 4.92 Å². The normalized spacial score (nSPS) is 15.0. The Morgan fingerprint density at radius 2 is 2.20 bits per heavy atom. The van der Waals surface area contributed by atoms with E-state index in [1.807, 2.05) is 6.92 Å². The molecule has 0 aliphatic rings. The van der Waals surface area contributed by atoms with E-state index >= 15 is 0 Å². The molecular weight excluding hydrogens is 276 g/mol. The van der Waals surface area contributed by atoms with Gasteiger partial charge >= 0.3 is 0 Å². The molecule has 0 saturated carbocycles. The van der Waals surface area contributed by atoms with E-state index in [2.05, 4.69) is 25.0 Å². The monoisotopic (exact) mass is 300 g/mol. The number of nitrogens with zero attached hydrogens (tertiary/aromatic N) is 1. The second-order valence-corrected chi connectivity index (χ2v) is 10.2. The first kappa shape index (κ1) is 16.9. The molecule has 0 aliphatic heterocycles. The molecule has 1 N–H and O–H groups in total. The highest BCUT2D eigenvalue weighted by atomic mass is 28.4. The van der Waals surface area contributed by atoms with Crippen LogP contribution in [0.4, 0.5) is 0 Å². The molecule has 0 aliphatic carbocycles. The second-order valence-electron chi connectivity index (χ2n) is 5.67. The molecule has 0 radical (unpaired) electrons. The first-order valence-electron chi connectivity index (χ1n) is 6.89. The SMILES string of the molecule is CC[C@@H]([C@H](NCCO[Si](C)(C)C)c1ccco1)[N+](=O)[O-]. The molecule has 0 unspecified atom stereocenters. The summed E-state index contributed by atoms with van der Waals surface area (Å²) in [6.07, 6.45) is 1.98. The zero-order chi connectivity index (χ0) is 15.2. The molecule has 1 aromatic rings. The van der Waals surface area contributed by atoms with Crippen LogP contribution in [0.25, 0.3) is 0 Å². The van der Waals surface area contributed by atoms with Crippen LogP contribution in [0, 0.1) is 10.1 Å². The fraction of sp³-hybridized carbons (Fsp3) is 0.692. The van der Waals surface area contributed by atoms with E-state index in [0.29, 0.717) is 25.3 Å². The van der Waals surface area contributed by atoms with Crippen LogP contribution in [-0.4, -0.2) is 32.4 Å². The number of nitrogens with one attached hydrogen (secondary N) is 1. The third kappa shape index (κ3) is 5.44. The molecule has 1 heterocycles. The lowest BCUT2D eigenvalue weighted by molar-refractivity contribution is -0.528. The summed E-state index contributed by atoms with van der Waals surface area (Å²) in [5, 5.41) is 14.3. The molecule has 7 heteroatoms. The largest absolute Gasteiger partial charge is 0.467 e. The Bertz CT molecular complexity index is 403. The molecule has 2 atom stereocenters. The minimum atomic E-state index is -1.55. The Morgan fingerprint density at radius 1 is 1.50 bits per heavy atom. The standard InChI is InChI=1S/C13H24N2O4Si/c1-5-11(15(16)17)13(12-7-6-9-18-12)14-8-10-19-20(2,3)4/h6-7,9,11,13-14H,5,8,10H2,1-4H3/t11-,13-/m0/s1. The van der Waals surface area contributed by atoms with Gasteiger partial charge in [-0.2, -0.15) is 0 Å². The van der Waals surface area contributed by atoms with Crippen LogP contribution in [-0.2, 0) is 4.43 Å². The van der Waals surface area contributed by atoms with Crippen LogP contribution in [0.15, 0.2) is 22.8 Å². The van der Waals surface area contributed by atoms with Gasteiger partial charge in [0.05, 0.1) is 6.26 Å². The predicted octanol–water partition coefficient (Wildman–Crippen LogP) is 2.82. The van der Waals surface area contributed by atoms with Crippen molar-refractivity contribution in [2.75, 3.05) is 13.2 Å². The van der Waals surface area contributed by atoms with Gasteiger partial charge < -0.3 is 8.84 Å². The highest BCUT2D eigenvalue weighted by Crippen LogP contribution is 2.21. The van der Waals surface area contributed by atoms with E-state index in [9.17, 15) is 10.1 Å². The summed E-state index contributed by atoms with van der Waals surface area (Å²) in [5.74, 6) is 0.599. The number of hydrogen-bond acceptors (Lipinski definition) is 5. The number of rotatable bonds is 9. The van der Waals surface area contributed by atoms with Crippen molar-refractivity contribution in [2.24, 2.45) is 0 Å². The van der Waals surface area contributed by atoms with Crippen molar-refractivity contribution in [1.82, 2.24) is 5.32 Å². The van der Waals surface area contributed by atoms with E-state index in [4.69, 9.17) is 8.84 Å². The summed E-state index contributed by atoms with van der Waals surface area (Å²) in [5.41, 5.74) is 0. The summed E-state index contributed by atoms with van der Waals surface area (Å²) in [6.45, 7) is 9.28. The summed E-state index contributed by atoms with van der Waals surface area (Å²) in [4.78, 5) is 10.9. The van der Waals surface area contributed by atoms with Crippen molar-refractivity contribution in [2.45, 2.75) is 45.1 Å². The Morgan fingerprint density at radius 3 is 2.65 bits per heavy atom. The van der Waals surface area contributed by atoms with Gasteiger partial charge in [-0.25, -0.2) is 0 Å².